The van der Waals surface area contributed by atoms with Gasteiger partial charge >= 0.3 is 5.63 Å². The molecule has 0 aliphatic carbocycles. The fourth-order valence-electron chi connectivity index (χ4n) is 3.00. The number of rotatable bonds is 3. The van der Waals surface area contributed by atoms with E-state index < -0.39 is 5.63 Å². The quantitative estimate of drug-likeness (QED) is 0.355. The normalized spacial score (nSPS) is 11.5. The molecule has 3 aromatic heterocycles. The van der Waals surface area contributed by atoms with Gasteiger partial charge in [-0.2, -0.15) is 5.10 Å². The number of benzene rings is 2. The number of nitrogens with zero attached hydrogens (tertiary/aromatic N) is 3. The first-order valence-corrected chi connectivity index (χ1v) is 9.16. The SMILES string of the molecule is O=c1oc2ccccc2c2nc3ccc(SCc4ccccc4)nn3c12. The fourth-order valence-corrected chi connectivity index (χ4v) is 3.81. The first-order valence-electron chi connectivity index (χ1n) is 8.18. The van der Waals surface area contributed by atoms with E-state index in [0.717, 1.165) is 16.2 Å². The van der Waals surface area contributed by atoms with Crippen molar-refractivity contribution in [3.63, 3.8) is 0 Å². The van der Waals surface area contributed by atoms with Gasteiger partial charge in [0.05, 0.1) is 0 Å². The maximum Gasteiger partial charge on any atom is 0.364 e. The molecule has 0 radical (unpaired) electrons. The Labute approximate surface area is 152 Å². The van der Waals surface area contributed by atoms with Crippen LogP contribution in [-0.2, 0) is 5.75 Å². The lowest BCUT2D eigenvalue weighted by molar-refractivity contribution is 0.566. The number of imidazole rings is 1. The molecule has 5 nitrogen and oxygen atoms in total. The fraction of sp³-hybridized carbons (Fsp3) is 0.0500. The molecule has 0 saturated heterocycles. The summed E-state index contributed by atoms with van der Waals surface area (Å²) in [4.78, 5) is 17.1. The molecule has 5 rings (SSSR count). The topological polar surface area (TPSA) is 60.4 Å². The molecule has 3 heterocycles. The largest absolute Gasteiger partial charge is 0.421 e. The maximum absolute atomic E-state index is 12.5. The molecule has 0 saturated carbocycles. The first kappa shape index (κ1) is 15.2. The Hall–Kier alpha value is -3.12. The molecule has 0 fully saturated rings. The van der Waals surface area contributed by atoms with Crippen LogP contribution in [-0.4, -0.2) is 14.6 Å². The van der Waals surface area contributed by atoms with E-state index in [2.05, 4.69) is 22.2 Å². The Morgan fingerprint density at radius 2 is 1.77 bits per heavy atom. The van der Waals surface area contributed by atoms with E-state index in [4.69, 9.17) is 4.42 Å². The molecular weight excluding hydrogens is 346 g/mol. The van der Waals surface area contributed by atoms with E-state index in [9.17, 15) is 4.79 Å². The predicted molar refractivity (Wildman–Crippen MR) is 103 cm³/mol. The molecule has 0 N–H and O–H groups in total. The summed E-state index contributed by atoms with van der Waals surface area (Å²) in [6, 6.07) is 21.4. The van der Waals surface area contributed by atoms with Crippen LogP contribution in [0.25, 0.3) is 27.6 Å². The third kappa shape index (κ3) is 2.46. The maximum atomic E-state index is 12.5. The number of hydrogen-bond acceptors (Lipinski definition) is 5. The summed E-state index contributed by atoms with van der Waals surface area (Å²) in [5.74, 6) is 0.809. The summed E-state index contributed by atoms with van der Waals surface area (Å²) >= 11 is 1.62. The summed E-state index contributed by atoms with van der Waals surface area (Å²) in [5, 5.41) is 6.24. The second-order valence-corrected chi connectivity index (χ2v) is 6.91. The van der Waals surface area contributed by atoms with Gasteiger partial charge in [0.15, 0.2) is 11.2 Å². The highest BCUT2D eigenvalue weighted by molar-refractivity contribution is 7.98. The van der Waals surface area contributed by atoms with Crippen molar-refractivity contribution in [2.45, 2.75) is 10.8 Å². The van der Waals surface area contributed by atoms with E-state index in [1.807, 2.05) is 48.5 Å². The highest BCUT2D eigenvalue weighted by Gasteiger charge is 2.15. The van der Waals surface area contributed by atoms with Crippen LogP contribution >= 0.6 is 11.8 Å². The van der Waals surface area contributed by atoms with Crippen LogP contribution in [0.4, 0.5) is 0 Å². The minimum absolute atomic E-state index is 0.376. The molecular formula is C20H13N3O2S. The van der Waals surface area contributed by atoms with Crippen LogP contribution in [0.5, 0.6) is 0 Å². The molecule has 0 aliphatic heterocycles. The summed E-state index contributed by atoms with van der Waals surface area (Å²) in [7, 11) is 0. The van der Waals surface area contributed by atoms with Crippen molar-refractivity contribution in [1.29, 1.82) is 0 Å². The zero-order valence-corrected chi connectivity index (χ0v) is 14.4. The molecule has 0 atom stereocenters. The van der Waals surface area contributed by atoms with Crippen LogP contribution in [0.2, 0.25) is 0 Å². The third-order valence-corrected chi connectivity index (χ3v) is 5.21. The first-order chi connectivity index (χ1) is 12.8. The van der Waals surface area contributed by atoms with Crippen LogP contribution in [0, 0.1) is 0 Å². The lowest BCUT2D eigenvalue weighted by Gasteiger charge is -2.02. The lowest BCUT2D eigenvalue weighted by Crippen LogP contribution is -2.04. The Balaban J connectivity index is 1.64. The summed E-state index contributed by atoms with van der Waals surface area (Å²) < 4.78 is 7.03. The number of thioether (sulfide) groups is 1. The second-order valence-electron chi connectivity index (χ2n) is 5.91. The van der Waals surface area contributed by atoms with Crippen molar-refractivity contribution >= 4 is 39.4 Å². The average Bonchev–Trinajstić information content (AvgIpc) is 3.07. The van der Waals surface area contributed by atoms with Crippen LogP contribution < -0.4 is 5.63 Å². The number of hydrogen-bond donors (Lipinski definition) is 0. The zero-order chi connectivity index (χ0) is 17.5. The predicted octanol–water partition coefficient (Wildman–Crippen LogP) is 4.28. The van der Waals surface area contributed by atoms with Crippen LogP contribution in [0.15, 0.2) is 81.0 Å². The van der Waals surface area contributed by atoms with Gasteiger partial charge in [-0.1, -0.05) is 54.2 Å². The smallest absolute Gasteiger partial charge is 0.364 e. The lowest BCUT2D eigenvalue weighted by atomic mass is 10.2. The van der Waals surface area contributed by atoms with E-state index >= 15 is 0 Å². The van der Waals surface area contributed by atoms with Gasteiger partial charge in [0.2, 0.25) is 0 Å². The highest BCUT2D eigenvalue weighted by Crippen LogP contribution is 2.25. The Morgan fingerprint density at radius 3 is 2.65 bits per heavy atom. The van der Waals surface area contributed by atoms with E-state index in [0.29, 0.717) is 22.3 Å². The monoisotopic (exact) mass is 359 g/mol. The van der Waals surface area contributed by atoms with Gasteiger partial charge in [-0.25, -0.2) is 14.3 Å². The van der Waals surface area contributed by atoms with Crippen molar-refractivity contribution in [3.8, 4) is 0 Å². The molecule has 126 valence electrons. The third-order valence-electron chi connectivity index (χ3n) is 4.22. The van der Waals surface area contributed by atoms with Gasteiger partial charge in [0.25, 0.3) is 0 Å². The van der Waals surface area contributed by atoms with Gasteiger partial charge in [-0.05, 0) is 29.8 Å². The number of fused-ring (bicyclic) bond motifs is 5. The van der Waals surface area contributed by atoms with Crippen molar-refractivity contribution in [2.24, 2.45) is 0 Å². The van der Waals surface area contributed by atoms with Gasteiger partial charge in [-0.15, -0.1) is 0 Å². The average molecular weight is 359 g/mol. The van der Waals surface area contributed by atoms with Crippen LogP contribution in [0.1, 0.15) is 5.56 Å². The van der Waals surface area contributed by atoms with E-state index in [1.165, 1.54) is 5.56 Å². The minimum atomic E-state index is -0.427. The van der Waals surface area contributed by atoms with E-state index in [-0.39, 0.29) is 0 Å². The minimum Gasteiger partial charge on any atom is -0.421 e. The highest BCUT2D eigenvalue weighted by atomic mass is 32.2. The summed E-state index contributed by atoms with van der Waals surface area (Å²) in [6.45, 7) is 0. The summed E-state index contributed by atoms with van der Waals surface area (Å²) in [6.07, 6.45) is 0. The number of para-hydroxylation sites is 1. The molecule has 0 amide bonds. The van der Waals surface area contributed by atoms with Crippen molar-refractivity contribution in [2.75, 3.05) is 0 Å². The van der Waals surface area contributed by atoms with Crippen molar-refractivity contribution in [3.05, 3.63) is 82.7 Å². The molecule has 26 heavy (non-hydrogen) atoms. The Morgan fingerprint density at radius 1 is 0.962 bits per heavy atom. The molecule has 5 aromatic rings. The van der Waals surface area contributed by atoms with Crippen molar-refractivity contribution < 1.29 is 4.42 Å². The summed E-state index contributed by atoms with van der Waals surface area (Å²) in [5.41, 5.74) is 2.96. The van der Waals surface area contributed by atoms with E-state index in [1.54, 1.807) is 22.3 Å². The van der Waals surface area contributed by atoms with Crippen molar-refractivity contribution in [1.82, 2.24) is 14.6 Å². The molecule has 0 unspecified atom stereocenters. The van der Waals surface area contributed by atoms with Gasteiger partial charge in [0, 0.05) is 11.1 Å². The van der Waals surface area contributed by atoms with Crippen LogP contribution in [0.3, 0.4) is 0 Å². The van der Waals surface area contributed by atoms with Gasteiger partial charge in [0.1, 0.15) is 16.1 Å². The second kappa shape index (κ2) is 6.00. The Bertz CT molecular complexity index is 1310. The molecule has 0 aliphatic rings. The standard InChI is InChI=1S/C20H13N3O2S/c24-20-19-18(14-8-4-5-9-15(14)25-20)21-16-10-11-17(22-23(16)19)26-12-13-6-2-1-3-7-13/h1-11H,12H2. The Kier molecular flexibility index (Phi) is 3.50. The molecule has 6 heteroatoms. The van der Waals surface area contributed by atoms with Gasteiger partial charge < -0.3 is 4.42 Å². The van der Waals surface area contributed by atoms with Gasteiger partial charge in [-0.3, -0.25) is 0 Å². The molecule has 2 aromatic carbocycles. The number of aromatic nitrogens is 3. The zero-order valence-electron chi connectivity index (χ0n) is 13.6. The molecule has 0 spiro atoms. The molecule has 0 bridgehead atoms.